The van der Waals surface area contributed by atoms with Crippen LogP contribution in [0.15, 0.2) is 30.7 Å². The largest absolute Gasteiger partial charge is 0.369 e. The van der Waals surface area contributed by atoms with Crippen LogP contribution in [0.3, 0.4) is 0 Å². The van der Waals surface area contributed by atoms with E-state index in [2.05, 4.69) is 52.5 Å². The fourth-order valence-electron chi connectivity index (χ4n) is 2.00. The number of nitrogens with one attached hydrogen (secondary N) is 2. The zero-order valence-corrected chi connectivity index (χ0v) is 14.6. The molecule has 7 nitrogen and oxygen atoms in total. The van der Waals surface area contributed by atoms with Crippen LogP contribution in [0.25, 0.3) is 0 Å². The Morgan fingerprint density at radius 2 is 2.08 bits per heavy atom. The molecule has 0 aliphatic heterocycles. The van der Waals surface area contributed by atoms with E-state index in [1.807, 2.05) is 23.9 Å². The van der Waals surface area contributed by atoms with Gasteiger partial charge in [0.05, 0.1) is 23.0 Å². The second kappa shape index (κ2) is 7.72. The van der Waals surface area contributed by atoms with Crippen molar-refractivity contribution in [3.05, 3.63) is 36.3 Å². The smallest absolute Gasteiger partial charge is 0.229 e. The van der Waals surface area contributed by atoms with E-state index >= 15 is 0 Å². The maximum absolute atomic E-state index is 11.1. The highest BCUT2D eigenvalue weighted by molar-refractivity contribution is 5.82. The summed E-state index contributed by atoms with van der Waals surface area (Å²) in [5.41, 5.74) is 1.14. The molecule has 2 aromatic heterocycles. The Balaban J connectivity index is 2.12. The number of anilines is 3. The minimum atomic E-state index is -0.0956. The lowest BCUT2D eigenvalue weighted by Crippen LogP contribution is -2.21. The van der Waals surface area contributed by atoms with Crippen LogP contribution in [0, 0.1) is 0 Å². The molecule has 0 saturated carbocycles. The number of allylic oxidation sites excluding steroid dienone is 1. The highest BCUT2D eigenvalue weighted by Crippen LogP contribution is 2.19. The normalized spacial score (nSPS) is 11.7. The van der Waals surface area contributed by atoms with Gasteiger partial charge in [-0.3, -0.25) is 9.48 Å². The zero-order chi connectivity index (χ0) is 17.6. The first kappa shape index (κ1) is 17.7. The van der Waals surface area contributed by atoms with E-state index < -0.39 is 0 Å². The molecule has 2 N–H and O–H groups in total. The van der Waals surface area contributed by atoms with E-state index in [9.17, 15) is 4.79 Å². The molecule has 0 unspecified atom stereocenters. The Hall–Kier alpha value is -2.70. The lowest BCUT2D eigenvalue weighted by Gasteiger charge is -2.18. The van der Waals surface area contributed by atoms with Crippen molar-refractivity contribution in [1.82, 2.24) is 19.7 Å². The van der Waals surface area contributed by atoms with Crippen LogP contribution in [-0.2, 0) is 5.54 Å². The number of nitrogens with zero attached hydrogens (tertiary/aromatic N) is 4. The van der Waals surface area contributed by atoms with E-state index in [-0.39, 0.29) is 5.54 Å². The van der Waals surface area contributed by atoms with E-state index in [4.69, 9.17) is 0 Å². The fraction of sp³-hybridized carbons (Fsp3) is 0.412. The molecule has 0 radical (unpaired) electrons. The Morgan fingerprint density at radius 3 is 2.71 bits per heavy atom. The summed E-state index contributed by atoms with van der Waals surface area (Å²) in [6, 6.07) is 0. The average molecular weight is 328 g/mol. The standard InChI is InChI=1S/C17H24N6O/c1-5-6-7-8-18-15-13(12-24)9-19-16(22-15)21-14-10-20-23(11-14)17(2,3)4/h5-6,9-12H,7-8H2,1-4H3,(H2,18,19,21,22)/b6-5+. The van der Waals surface area contributed by atoms with E-state index in [1.165, 1.54) is 6.20 Å². The number of aromatic nitrogens is 4. The molecular weight excluding hydrogens is 304 g/mol. The van der Waals surface area contributed by atoms with Gasteiger partial charge in [-0.1, -0.05) is 12.2 Å². The van der Waals surface area contributed by atoms with Gasteiger partial charge in [0.15, 0.2) is 6.29 Å². The topological polar surface area (TPSA) is 84.7 Å². The van der Waals surface area contributed by atoms with Crippen molar-refractivity contribution in [2.24, 2.45) is 0 Å². The van der Waals surface area contributed by atoms with Crippen LogP contribution in [0.2, 0.25) is 0 Å². The first-order valence-electron chi connectivity index (χ1n) is 7.93. The van der Waals surface area contributed by atoms with E-state index in [1.54, 1.807) is 6.20 Å². The SMILES string of the molecule is C/C=C/CCNc1nc(Nc2cnn(C(C)(C)C)c2)ncc1C=O. The average Bonchev–Trinajstić information content (AvgIpc) is 3.00. The number of carbonyl (C=O) groups excluding carboxylic acids is 1. The number of carbonyl (C=O) groups is 1. The van der Waals surface area contributed by atoms with Crippen LogP contribution in [0.1, 0.15) is 44.5 Å². The summed E-state index contributed by atoms with van der Waals surface area (Å²) < 4.78 is 1.87. The second-order valence-electron chi connectivity index (χ2n) is 6.37. The number of rotatable bonds is 7. The van der Waals surface area contributed by atoms with Gasteiger partial charge in [0.2, 0.25) is 5.95 Å². The van der Waals surface area contributed by atoms with Gasteiger partial charge in [0, 0.05) is 18.9 Å². The lowest BCUT2D eigenvalue weighted by molar-refractivity contribution is 0.112. The van der Waals surface area contributed by atoms with Crippen LogP contribution >= 0.6 is 0 Å². The molecule has 2 heterocycles. The van der Waals surface area contributed by atoms with Gasteiger partial charge in [-0.2, -0.15) is 10.1 Å². The van der Waals surface area contributed by atoms with Crippen LogP contribution in [0.4, 0.5) is 17.5 Å². The van der Waals surface area contributed by atoms with Crippen molar-refractivity contribution in [3.8, 4) is 0 Å². The summed E-state index contributed by atoms with van der Waals surface area (Å²) in [7, 11) is 0. The van der Waals surface area contributed by atoms with Crippen molar-refractivity contribution in [3.63, 3.8) is 0 Å². The molecule has 128 valence electrons. The summed E-state index contributed by atoms with van der Waals surface area (Å²) in [5.74, 6) is 0.942. The third kappa shape index (κ3) is 4.65. The molecule has 24 heavy (non-hydrogen) atoms. The van der Waals surface area contributed by atoms with Gasteiger partial charge in [-0.05, 0) is 34.1 Å². The molecule has 0 spiro atoms. The summed E-state index contributed by atoms with van der Waals surface area (Å²) in [4.78, 5) is 19.7. The van der Waals surface area contributed by atoms with E-state index in [0.29, 0.717) is 23.9 Å². The minimum absolute atomic E-state index is 0.0956. The van der Waals surface area contributed by atoms with Gasteiger partial charge >= 0.3 is 0 Å². The third-order valence-electron chi connectivity index (χ3n) is 3.31. The molecule has 0 bridgehead atoms. The molecule has 0 aliphatic carbocycles. The van der Waals surface area contributed by atoms with Crippen LogP contribution in [0.5, 0.6) is 0 Å². The fourth-order valence-corrected chi connectivity index (χ4v) is 2.00. The van der Waals surface area contributed by atoms with Crippen LogP contribution < -0.4 is 10.6 Å². The summed E-state index contributed by atoms with van der Waals surface area (Å²) in [6.07, 6.45) is 10.8. The summed E-state index contributed by atoms with van der Waals surface area (Å²) in [6.45, 7) is 8.90. The van der Waals surface area contributed by atoms with Crippen molar-refractivity contribution >= 4 is 23.7 Å². The van der Waals surface area contributed by atoms with Gasteiger partial charge in [-0.15, -0.1) is 0 Å². The maximum atomic E-state index is 11.1. The van der Waals surface area contributed by atoms with Gasteiger partial charge in [0.25, 0.3) is 0 Å². The number of hydrogen-bond acceptors (Lipinski definition) is 6. The van der Waals surface area contributed by atoms with Crippen molar-refractivity contribution in [1.29, 1.82) is 0 Å². The molecule has 0 aliphatic rings. The van der Waals surface area contributed by atoms with Crippen molar-refractivity contribution in [2.45, 2.75) is 39.7 Å². The first-order chi connectivity index (χ1) is 11.4. The summed E-state index contributed by atoms with van der Waals surface area (Å²) >= 11 is 0. The van der Waals surface area contributed by atoms with E-state index in [0.717, 1.165) is 18.4 Å². The highest BCUT2D eigenvalue weighted by Gasteiger charge is 2.14. The predicted molar refractivity (Wildman–Crippen MR) is 95.8 cm³/mol. The molecule has 0 amide bonds. The Labute approximate surface area is 142 Å². The molecule has 2 aromatic rings. The molecule has 0 fully saturated rings. The van der Waals surface area contributed by atoms with Gasteiger partial charge in [0.1, 0.15) is 5.82 Å². The molecule has 0 atom stereocenters. The molecule has 7 heteroatoms. The summed E-state index contributed by atoms with van der Waals surface area (Å²) in [5, 5.41) is 10.6. The van der Waals surface area contributed by atoms with Crippen LogP contribution in [-0.4, -0.2) is 32.6 Å². The minimum Gasteiger partial charge on any atom is -0.369 e. The number of hydrogen-bond donors (Lipinski definition) is 2. The Morgan fingerprint density at radius 1 is 1.29 bits per heavy atom. The van der Waals surface area contributed by atoms with Crippen molar-refractivity contribution < 1.29 is 4.79 Å². The quantitative estimate of drug-likeness (QED) is 0.460. The van der Waals surface area contributed by atoms with Crippen molar-refractivity contribution in [2.75, 3.05) is 17.2 Å². The monoisotopic (exact) mass is 328 g/mol. The highest BCUT2D eigenvalue weighted by atomic mass is 16.1. The van der Waals surface area contributed by atoms with Gasteiger partial charge < -0.3 is 10.6 Å². The molecular formula is C17H24N6O. The molecule has 0 aromatic carbocycles. The molecule has 0 saturated heterocycles. The predicted octanol–water partition coefficient (Wildman–Crippen LogP) is 3.36. The molecule has 2 rings (SSSR count). The maximum Gasteiger partial charge on any atom is 0.229 e. The Bertz CT molecular complexity index is 714. The number of aldehydes is 1. The first-order valence-corrected chi connectivity index (χ1v) is 7.93. The third-order valence-corrected chi connectivity index (χ3v) is 3.31. The lowest BCUT2D eigenvalue weighted by atomic mass is 10.1. The second-order valence-corrected chi connectivity index (χ2v) is 6.37. The zero-order valence-electron chi connectivity index (χ0n) is 14.6. The Kier molecular flexibility index (Phi) is 5.68. The van der Waals surface area contributed by atoms with Gasteiger partial charge in [-0.25, -0.2) is 4.98 Å².